The minimum Gasteiger partial charge on any atom is -0.308 e. The summed E-state index contributed by atoms with van der Waals surface area (Å²) in [5.74, 6) is 0. The fourth-order valence-electron chi connectivity index (χ4n) is 6.73. The van der Waals surface area contributed by atoms with Crippen molar-refractivity contribution in [3.8, 4) is 0 Å². The predicted octanol–water partition coefficient (Wildman–Crippen LogP) is 11.4. The first-order valence-corrected chi connectivity index (χ1v) is 14.5. The van der Waals surface area contributed by atoms with Crippen LogP contribution in [0.25, 0.3) is 53.9 Å². The van der Waals surface area contributed by atoms with Crippen molar-refractivity contribution < 1.29 is 0 Å². The molecule has 1 heterocycles. The Morgan fingerprint density at radius 3 is 1.27 bits per heavy atom. The fraction of sp³-hybridized carbons (Fsp3) is 0. The van der Waals surface area contributed by atoms with Crippen LogP contribution in [0.5, 0.6) is 0 Å². The number of nitrogens with zero attached hydrogens (tertiary/aromatic N) is 1. The second kappa shape index (κ2) is 8.35. The minimum atomic E-state index is 1.18. The fourth-order valence-corrected chi connectivity index (χ4v) is 7.79. The molecule has 0 fully saturated rings. The van der Waals surface area contributed by atoms with E-state index < -0.39 is 0 Å². The molecular weight excluding hydrogens is 502 g/mol. The molecule has 0 atom stereocenters. The quantitative estimate of drug-likeness (QED) is 0.196. The number of hydrogen-bond acceptors (Lipinski definition) is 2. The summed E-state index contributed by atoms with van der Waals surface area (Å²) in [6.07, 6.45) is 0. The van der Waals surface area contributed by atoms with Crippen molar-refractivity contribution in [1.82, 2.24) is 0 Å². The van der Waals surface area contributed by atoms with Crippen LogP contribution in [0, 0.1) is 0 Å². The zero-order valence-corrected chi connectivity index (χ0v) is 22.5. The van der Waals surface area contributed by atoms with Gasteiger partial charge >= 0.3 is 0 Å². The summed E-state index contributed by atoms with van der Waals surface area (Å²) in [5.41, 5.74) is 3.64. The Hall–Kier alpha value is -4.79. The molecule has 0 aromatic heterocycles. The lowest BCUT2D eigenvalue weighted by Crippen LogP contribution is -2.14. The highest BCUT2D eigenvalue weighted by Crippen LogP contribution is 2.52. The molecule has 1 aliphatic rings. The molecule has 1 aliphatic heterocycles. The van der Waals surface area contributed by atoms with Crippen LogP contribution in [0.2, 0.25) is 0 Å². The van der Waals surface area contributed by atoms with Gasteiger partial charge in [-0.3, -0.25) is 0 Å². The SMILES string of the molecule is c1ccc2c(c1)Sc1ccccc1N2c1ccc2c3ccccc3c3c4ccccc4c4ccccc4c3c2c1. The monoisotopic (exact) mass is 525 g/mol. The summed E-state index contributed by atoms with van der Waals surface area (Å²) >= 11 is 1.85. The Morgan fingerprint density at radius 1 is 0.350 bits per heavy atom. The minimum absolute atomic E-state index is 1.18. The van der Waals surface area contributed by atoms with E-state index in [1.165, 1.54) is 80.7 Å². The van der Waals surface area contributed by atoms with Gasteiger partial charge in [-0.05, 0) is 90.3 Å². The first kappa shape index (κ1) is 22.1. The molecule has 0 saturated carbocycles. The van der Waals surface area contributed by atoms with Crippen LogP contribution in [-0.2, 0) is 0 Å². The van der Waals surface area contributed by atoms with E-state index in [2.05, 4.69) is 144 Å². The lowest BCUT2D eigenvalue weighted by Gasteiger charge is -2.33. The Morgan fingerprint density at radius 2 is 0.750 bits per heavy atom. The zero-order chi connectivity index (χ0) is 26.2. The second-order valence-electron chi connectivity index (χ2n) is 10.5. The van der Waals surface area contributed by atoms with E-state index in [1.54, 1.807) is 0 Å². The maximum Gasteiger partial charge on any atom is 0.0601 e. The van der Waals surface area contributed by atoms with E-state index in [0.29, 0.717) is 0 Å². The summed E-state index contributed by atoms with van der Waals surface area (Å²) in [7, 11) is 0. The van der Waals surface area contributed by atoms with Crippen LogP contribution < -0.4 is 4.90 Å². The number of para-hydroxylation sites is 2. The van der Waals surface area contributed by atoms with Crippen LogP contribution >= 0.6 is 11.8 Å². The molecule has 2 heteroatoms. The Balaban J connectivity index is 1.48. The van der Waals surface area contributed by atoms with Gasteiger partial charge in [-0.2, -0.15) is 0 Å². The Kier molecular flexibility index (Phi) is 4.61. The van der Waals surface area contributed by atoms with Crippen molar-refractivity contribution in [2.75, 3.05) is 4.90 Å². The molecule has 0 spiro atoms. The van der Waals surface area contributed by atoms with Gasteiger partial charge in [-0.25, -0.2) is 0 Å². The summed E-state index contributed by atoms with van der Waals surface area (Å²) < 4.78 is 0. The van der Waals surface area contributed by atoms with Gasteiger partial charge in [0.1, 0.15) is 0 Å². The van der Waals surface area contributed by atoms with Crippen LogP contribution in [0.15, 0.2) is 149 Å². The summed E-state index contributed by atoms with van der Waals surface area (Å²) in [6, 6.07) is 51.3. The molecule has 0 N–H and O–H groups in total. The molecule has 40 heavy (non-hydrogen) atoms. The maximum absolute atomic E-state index is 2.44. The molecule has 0 saturated heterocycles. The lowest BCUT2D eigenvalue weighted by atomic mass is 9.87. The number of fused-ring (bicyclic) bond motifs is 13. The molecule has 186 valence electrons. The highest BCUT2D eigenvalue weighted by atomic mass is 32.2. The van der Waals surface area contributed by atoms with E-state index in [1.807, 2.05) is 11.8 Å². The third kappa shape index (κ3) is 3.00. The third-order valence-corrected chi connectivity index (χ3v) is 9.51. The van der Waals surface area contributed by atoms with Gasteiger partial charge in [0.15, 0.2) is 0 Å². The lowest BCUT2D eigenvalue weighted by molar-refractivity contribution is 1.17. The maximum atomic E-state index is 2.44. The van der Waals surface area contributed by atoms with E-state index in [4.69, 9.17) is 0 Å². The average Bonchev–Trinajstić information content (AvgIpc) is 3.03. The first-order valence-electron chi connectivity index (χ1n) is 13.7. The number of rotatable bonds is 1. The van der Waals surface area contributed by atoms with Gasteiger partial charge in [-0.1, -0.05) is 115 Å². The van der Waals surface area contributed by atoms with E-state index in [-0.39, 0.29) is 0 Å². The summed E-state index contributed by atoms with van der Waals surface area (Å²) in [4.78, 5) is 4.99. The zero-order valence-electron chi connectivity index (χ0n) is 21.6. The van der Waals surface area contributed by atoms with Crippen molar-refractivity contribution in [3.05, 3.63) is 140 Å². The van der Waals surface area contributed by atoms with Crippen molar-refractivity contribution in [2.45, 2.75) is 9.79 Å². The average molecular weight is 526 g/mol. The largest absolute Gasteiger partial charge is 0.308 e. The Labute approximate surface area is 236 Å². The third-order valence-electron chi connectivity index (χ3n) is 8.38. The molecule has 9 rings (SSSR count). The molecule has 0 radical (unpaired) electrons. The molecule has 0 amide bonds. The second-order valence-corrected chi connectivity index (χ2v) is 11.6. The smallest absolute Gasteiger partial charge is 0.0601 e. The summed E-state index contributed by atoms with van der Waals surface area (Å²) in [6.45, 7) is 0. The predicted molar refractivity (Wildman–Crippen MR) is 173 cm³/mol. The molecule has 0 unspecified atom stereocenters. The number of benzene rings is 8. The van der Waals surface area contributed by atoms with Crippen molar-refractivity contribution in [1.29, 1.82) is 0 Å². The van der Waals surface area contributed by atoms with Crippen LogP contribution in [0.4, 0.5) is 17.1 Å². The van der Waals surface area contributed by atoms with Gasteiger partial charge in [0.05, 0.1) is 11.4 Å². The van der Waals surface area contributed by atoms with E-state index >= 15 is 0 Å². The Bertz CT molecular complexity index is 2260. The molecule has 1 nitrogen and oxygen atoms in total. The first-order chi connectivity index (χ1) is 19.9. The molecule has 0 aliphatic carbocycles. The normalized spacial score (nSPS) is 12.8. The van der Waals surface area contributed by atoms with Crippen molar-refractivity contribution in [2.24, 2.45) is 0 Å². The molecule has 0 bridgehead atoms. The van der Waals surface area contributed by atoms with Crippen LogP contribution in [0.1, 0.15) is 0 Å². The van der Waals surface area contributed by atoms with Gasteiger partial charge in [0, 0.05) is 15.5 Å². The van der Waals surface area contributed by atoms with Crippen molar-refractivity contribution in [3.63, 3.8) is 0 Å². The molecule has 8 aromatic carbocycles. The summed E-state index contributed by atoms with van der Waals surface area (Å²) in [5, 5.41) is 13.1. The standard InChI is InChI=1S/C38H23NS/c1-4-14-29-25(11-1)26-12-2-6-16-31(26)38-32-23-24(21-22-28(32)27-13-3-5-15-30(27)37(29)38)39-33-17-7-9-19-35(33)40-36-20-10-8-18-34(36)39/h1-23H. The highest BCUT2D eigenvalue weighted by molar-refractivity contribution is 7.99. The van der Waals surface area contributed by atoms with E-state index in [0.717, 1.165) is 0 Å². The van der Waals surface area contributed by atoms with Crippen LogP contribution in [-0.4, -0.2) is 0 Å². The van der Waals surface area contributed by atoms with Crippen LogP contribution in [0.3, 0.4) is 0 Å². The number of hydrogen-bond donors (Lipinski definition) is 0. The topological polar surface area (TPSA) is 3.24 Å². The van der Waals surface area contributed by atoms with Gasteiger partial charge in [-0.15, -0.1) is 0 Å². The van der Waals surface area contributed by atoms with Gasteiger partial charge in [0.25, 0.3) is 0 Å². The van der Waals surface area contributed by atoms with Gasteiger partial charge in [0.2, 0.25) is 0 Å². The van der Waals surface area contributed by atoms with E-state index in [9.17, 15) is 0 Å². The molecule has 8 aromatic rings. The number of anilines is 3. The highest BCUT2D eigenvalue weighted by Gasteiger charge is 2.25. The molecular formula is C38H23NS. The van der Waals surface area contributed by atoms with Crippen molar-refractivity contribution >= 4 is 82.7 Å². The van der Waals surface area contributed by atoms with Gasteiger partial charge < -0.3 is 4.90 Å².